The Morgan fingerprint density at radius 1 is 0.679 bits per heavy atom. The molecule has 2 aliphatic rings. The number of hydrogen-bond donors (Lipinski definition) is 2. The fourth-order valence-corrected chi connectivity index (χ4v) is 4.98. The van der Waals surface area contributed by atoms with Crippen LogP contribution >= 0.6 is 0 Å². The molecule has 28 heavy (non-hydrogen) atoms. The van der Waals surface area contributed by atoms with Gasteiger partial charge < -0.3 is 10.2 Å². The summed E-state index contributed by atoms with van der Waals surface area (Å²) in [6.07, 6.45) is 8.51. The van der Waals surface area contributed by atoms with Crippen molar-refractivity contribution < 1.29 is 10.2 Å². The van der Waals surface area contributed by atoms with E-state index in [4.69, 9.17) is 0 Å². The Morgan fingerprint density at radius 3 is 1.39 bits per heavy atom. The van der Waals surface area contributed by atoms with E-state index < -0.39 is 0 Å². The van der Waals surface area contributed by atoms with Crippen LogP contribution in [0.3, 0.4) is 0 Å². The number of aryl methyl sites for hydroxylation is 2. The van der Waals surface area contributed by atoms with Crippen LogP contribution in [0.1, 0.15) is 72.9 Å². The van der Waals surface area contributed by atoms with Gasteiger partial charge in [0.15, 0.2) is 0 Å². The summed E-state index contributed by atoms with van der Waals surface area (Å²) in [4.78, 5) is 0. The Morgan fingerprint density at radius 2 is 1.04 bits per heavy atom. The van der Waals surface area contributed by atoms with Gasteiger partial charge in [-0.15, -0.1) is 0 Å². The fraction of sp³-hybridized carbons (Fsp3) is 0.385. The van der Waals surface area contributed by atoms with Crippen molar-refractivity contribution in [1.29, 1.82) is 0 Å². The standard InChI is InChI=1S/C26H30O2/c1-15(2)21-13-17-9-5-7-11-19(17)23(25(21)27)24-20-12-8-6-10-18(20)14-22(16(3)4)26(24)28/h13-14,27-28H,1,3,5-12H2,2,4H3. The number of aromatic hydroxyl groups is 2. The summed E-state index contributed by atoms with van der Waals surface area (Å²) in [5.41, 5.74) is 10.0. The lowest BCUT2D eigenvalue weighted by atomic mass is 9.77. The molecule has 0 aromatic heterocycles. The number of hydrogen-bond acceptors (Lipinski definition) is 2. The first-order valence-electron chi connectivity index (χ1n) is 10.5. The molecule has 0 unspecified atom stereocenters. The first kappa shape index (κ1) is 18.9. The second-order valence-electron chi connectivity index (χ2n) is 8.55. The zero-order valence-corrected chi connectivity index (χ0v) is 17.1. The lowest BCUT2D eigenvalue weighted by Crippen LogP contribution is -2.10. The zero-order valence-electron chi connectivity index (χ0n) is 17.1. The van der Waals surface area contributed by atoms with Crippen molar-refractivity contribution in [3.8, 4) is 22.6 Å². The lowest BCUT2D eigenvalue weighted by Gasteiger charge is -2.28. The zero-order chi connectivity index (χ0) is 20.0. The minimum absolute atomic E-state index is 0.273. The summed E-state index contributed by atoms with van der Waals surface area (Å²) < 4.78 is 0. The van der Waals surface area contributed by atoms with Gasteiger partial charge in [0.1, 0.15) is 11.5 Å². The Hall–Kier alpha value is -2.48. The van der Waals surface area contributed by atoms with E-state index in [2.05, 4.69) is 25.3 Å². The molecule has 4 rings (SSSR count). The van der Waals surface area contributed by atoms with Crippen molar-refractivity contribution in [1.82, 2.24) is 0 Å². The molecular weight excluding hydrogens is 344 g/mol. The summed E-state index contributed by atoms with van der Waals surface area (Å²) >= 11 is 0. The van der Waals surface area contributed by atoms with Crippen LogP contribution in [-0.2, 0) is 25.7 Å². The first-order chi connectivity index (χ1) is 13.4. The van der Waals surface area contributed by atoms with Crippen LogP contribution in [0.5, 0.6) is 11.5 Å². The van der Waals surface area contributed by atoms with E-state index in [1.807, 2.05) is 13.8 Å². The molecule has 0 saturated carbocycles. The van der Waals surface area contributed by atoms with Gasteiger partial charge in [-0.3, -0.25) is 0 Å². The van der Waals surface area contributed by atoms with Crippen molar-refractivity contribution in [3.63, 3.8) is 0 Å². The van der Waals surface area contributed by atoms with Gasteiger partial charge in [0.2, 0.25) is 0 Å². The SMILES string of the molecule is C=C(C)c1cc2c(c(-c3c(O)c(C(=C)C)cc4c3CCCC4)c1O)CCCC2. The van der Waals surface area contributed by atoms with Gasteiger partial charge in [0.05, 0.1) is 0 Å². The van der Waals surface area contributed by atoms with Crippen LogP contribution in [0.25, 0.3) is 22.3 Å². The van der Waals surface area contributed by atoms with Crippen LogP contribution in [0.15, 0.2) is 25.3 Å². The monoisotopic (exact) mass is 374 g/mol. The van der Waals surface area contributed by atoms with Crippen LogP contribution in [0, 0.1) is 0 Å². The topological polar surface area (TPSA) is 40.5 Å². The van der Waals surface area contributed by atoms with E-state index in [0.717, 1.165) is 71.9 Å². The number of phenols is 2. The molecule has 2 heteroatoms. The molecule has 2 nitrogen and oxygen atoms in total. The van der Waals surface area contributed by atoms with Crippen LogP contribution in [-0.4, -0.2) is 10.2 Å². The first-order valence-corrected chi connectivity index (χ1v) is 10.5. The highest BCUT2D eigenvalue weighted by Crippen LogP contribution is 2.50. The maximum atomic E-state index is 11.3. The second kappa shape index (κ2) is 7.16. The van der Waals surface area contributed by atoms with Crippen LogP contribution in [0.4, 0.5) is 0 Å². The molecule has 0 saturated heterocycles. The average Bonchev–Trinajstić information content (AvgIpc) is 2.67. The summed E-state index contributed by atoms with van der Waals surface area (Å²) in [6, 6.07) is 4.23. The van der Waals surface area contributed by atoms with Gasteiger partial charge in [0, 0.05) is 22.3 Å². The van der Waals surface area contributed by atoms with E-state index in [1.54, 1.807) is 0 Å². The second-order valence-corrected chi connectivity index (χ2v) is 8.55. The van der Waals surface area contributed by atoms with E-state index in [0.29, 0.717) is 0 Å². The van der Waals surface area contributed by atoms with Crippen molar-refractivity contribution in [2.24, 2.45) is 0 Å². The van der Waals surface area contributed by atoms with Gasteiger partial charge in [-0.25, -0.2) is 0 Å². The highest BCUT2D eigenvalue weighted by Gasteiger charge is 2.28. The average molecular weight is 375 g/mol. The van der Waals surface area contributed by atoms with Gasteiger partial charge in [0.25, 0.3) is 0 Å². The third-order valence-electron chi connectivity index (χ3n) is 6.42. The predicted molar refractivity (Wildman–Crippen MR) is 118 cm³/mol. The van der Waals surface area contributed by atoms with Gasteiger partial charge >= 0.3 is 0 Å². The Balaban J connectivity index is 2.12. The molecular formula is C26H30O2. The van der Waals surface area contributed by atoms with Gasteiger partial charge in [-0.1, -0.05) is 13.2 Å². The third kappa shape index (κ3) is 2.96. The van der Waals surface area contributed by atoms with E-state index >= 15 is 0 Å². The Kier molecular flexibility index (Phi) is 4.82. The molecule has 0 atom stereocenters. The van der Waals surface area contributed by atoms with E-state index in [1.165, 1.54) is 35.1 Å². The third-order valence-corrected chi connectivity index (χ3v) is 6.42. The number of allylic oxidation sites excluding steroid dienone is 2. The summed E-state index contributed by atoms with van der Waals surface area (Å²) in [5.74, 6) is 0.546. The Labute approximate surface area is 168 Å². The number of fused-ring (bicyclic) bond motifs is 2. The summed E-state index contributed by atoms with van der Waals surface area (Å²) in [7, 11) is 0. The molecule has 0 aliphatic heterocycles. The largest absolute Gasteiger partial charge is 0.507 e. The molecule has 2 aromatic carbocycles. The minimum Gasteiger partial charge on any atom is -0.507 e. The fourth-order valence-electron chi connectivity index (χ4n) is 4.98. The predicted octanol–water partition coefficient (Wildman–Crippen LogP) is 6.59. The molecule has 0 fully saturated rings. The van der Waals surface area contributed by atoms with Gasteiger partial charge in [-0.2, -0.15) is 0 Å². The molecule has 2 aliphatic carbocycles. The molecule has 2 N–H and O–H groups in total. The van der Waals surface area contributed by atoms with Crippen LogP contribution in [0.2, 0.25) is 0 Å². The van der Waals surface area contributed by atoms with Crippen molar-refractivity contribution in [3.05, 3.63) is 58.7 Å². The molecule has 0 heterocycles. The lowest BCUT2D eigenvalue weighted by molar-refractivity contribution is 0.464. The van der Waals surface area contributed by atoms with Crippen molar-refractivity contribution >= 4 is 11.1 Å². The highest BCUT2D eigenvalue weighted by atomic mass is 16.3. The van der Waals surface area contributed by atoms with Gasteiger partial charge in [-0.05, 0) is 111 Å². The smallest absolute Gasteiger partial charge is 0.131 e. The molecule has 0 bridgehead atoms. The molecule has 2 aromatic rings. The molecule has 0 radical (unpaired) electrons. The number of benzene rings is 2. The summed E-state index contributed by atoms with van der Waals surface area (Å²) in [6.45, 7) is 12.1. The molecule has 146 valence electrons. The maximum Gasteiger partial charge on any atom is 0.131 e. The Bertz CT molecular complexity index is 913. The van der Waals surface area contributed by atoms with Crippen molar-refractivity contribution in [2.75, 3.05) is 0 Å². The van der Waals surface area contributed by atoms with E-state index in [9.17, 15) is 10.2 Å². The number of rotatable bonds is 3. The maximum absolute atomic E-state index is 11.3. The summed E-state index contributed by atoms with van der Waals surface area (Å²) in [5, 5.41) is 22.7. The highest BCUT2D eigenvalue weighted by molar-refractivity contribution is 5.90. The van der Waals surface area contributed by atoms with Crippen LogP contribution < -0.4 is 0 Å². The quantitative estimate of drug-likeness (QED) is 0.636. The molecule has 0 spiro atoms. The van der Waals surface area contributed by atoms with E-state index in [-0.39, 0.29) is 11.5 Å². The number of phenolic OH excluding ortho intramolecular Hbond substituents is 2. The van der Waals surface area contributed by atoms with Crippen molar-refractivity contribution in [2.45, 2.75) is 65.2 Å². The minimum atomic E-state index is 0.273. The molecule has 0 amide bonds. The normalized spacial score (nSPS) is 15.6.